The Morgan fingerprint density at radius 1 is 1.22 bits per heavy atom. The van der Waals surface area contributed by atoms with Gasteiger partial charge in [0.05, 0.1) is 17.0 Å². The molecule has 6 heteroatoms. The van der Waals surface area contributed by atoms with Gasteiger partial charge in [-0.2, -0.15) is 0 Å². The molecule has 0 bridgehead atoms. The van der Waals surface area contributed by atoms with E-state index < -0.39 is 10.8 Å². The highest BCUT2D eigenvalue weighted by atomic mass is 32.2. The van der Waals surface area contributed by atoms with E-state index in [4.69, 9.17) is 0 Å². The lowest BCUT2D eigenvalue weighted by molar-refractivity contribution is 0.675. The molecular formula is C12H10N4OS. The standard InChI is InChI=1S/C12H10N4OS/c1-18(17)12-14-7-11(15-16-12)9-6-13-10-5-3-2-4-8(9)10/h2-7,13H,1H3. The Morgan fingerprint density at radius 2 is 2.06 bits per heavy atom. The lowest BCUT2D eigenvalue weighted by atomic mass is 10.1. The highest BCUT2D eigenvalue weighted by molar-refractivity contribution is 7.84. The average molecular weight is 258 g/mol. The zero-order valence-electron chi connectivity index (χ0n) is 9.62. The first-order valence-corrected chi connectivity index (χ1v) is 6.91. The van der Waals surface area contributed by atoms with Crippen LogP contribution in [0, 0.1) is 0 Å². The number of hydrogen-bond acceptors (Lipinski definition) is 4. The molecule has 90 valence electrons. The Labute approximate surface area is 106 Å². The maximum absolute atomic E-state index is 11.2. The van der Waals surface area contributed by atoms with E-state index in [0.29, 0.717) is 5.69 Å². The predicted molar refractivity (Wildman–Crippen MR) is 69.5 cm³/mol. The largest absolute Gasteiger partial charge is 0.360 e. The summed E-state index contributed by atoms with van der Waals surface area (Å²) in [5.41, 5.74) is 2.65. The molecule has 0 aliphatic carbocycles. The molecule has 0 saturated heterocycles. The van der Waals surface area contributed by atoms with Crippen molar-refractivity contribution in [1.29, 1.82) is 0 Å². The fourth-order valence-electron chi connectivity index (χ4n) is 1.80. The summed E-state index contributed by atoms with van der Waals surface area (Å²) >= 11 is 0. The van der Waals surface area contributed by atoms with Gasteiger partial charge in [-0.25, -0.2) is 4.98 Å². The van der Waals surface area contributed by atoms with E-state index in [9.17, 15) is 4.21 Å². The molecule has 1 unspecified atom stereocenters. The van der Waals surface area contributed by atoms with Crippen LogP contribution in [0.15, 0.2) is 41.8 Å². The number of aromatic nitrogens is 4. The number of para-hydroxylation sites is 1. The zero-order valence-corrected chi connectivity index (χ0v) is 10.4. The second-order valence-corrected chi connectivity index (χ2v) is 5.10. The second kappa shape index (κ2) is 4.30. The molecule has 3 aromatic rings. The lowest BCUT2D eigenvalue weighted by Gasteiger charge is -1.98. The van der Waals surface area contributed by atoms with Gasteiger partial charge < -0.3 is 4.98 Å². The molecular weight excluding hydrogens is 248 g/mol. The first-order valence-electron chi connectivity index (χ1n) is 5.35. The van der Waals surface area contributed by atoms with E-state index in [1.54, 1.807) is 6.20 Å². The quantitative estimate of drug-likeness (QED) is 0.760. The fourth-order valence-corrected chi connectivity index (χ4v) is 2.16. The van der Waals surface area contributed by atoms with Crippen LogP contribution in [-0.4, -0.2) is 30.6 Å². The van der Waals surface area contributed by atoms with E-state index in [2.05, 4.69) is 20.2 Å². The van der Waals surface area contributed by atoms with Gasteiger partial charge in [0.2, 0.25) is 5.16 Å². The normalized spacial score (nSPS) is 12.7. The summed E-state index contributed by atoms with van der Waals surface area (Å²) in [5.74, 6) is 0. The van der Waals surface area contributed by atoms with Gasteiger partial charge in [0.1, 0.15) is 5.69 Å². The van der Waals surface area contributed by atoms with Crippen molar-refractivity contribution in [1.82, 2.24) is 20.2 Å². The van der Waals surface area contributed by atoms with E-state index in [1.807, 2.05) is 30.5 Å². The Hall–Kier alpha value is -2.08. The molecule has 2 heterocycles. The van der Waals surface area contributed by atoms with Crippen molar-refractivity contribution in [3.05, 3.63) is 36.7 Å². The summed E-state index contributed by atoms with van der Waals surface area (Å²) in [6.07, 6.45) is 5.00. The number of benzene rings is 1. The van der Waals surface area contributed by atoms with Crippen LogP contribution < -0.4 is 0 Å². The molecule has 1 N–H and O–H groups in total. The molecule has 2 aromatic heterocycles. The third kappa shape index (κ3) is 1.80. The third-order valence-electron chi connectivity index (χ3n) is 2.66. The minimum Gasteiger partial charge on any atom is -0.360 e. The average Bonchev–Trinajstić information content (AvgIpc) is 2.82. The van der Waals surface area contributed by atoms with Crippen LogP contribution in [-0.2, 0) is 10.8 Å². The Morgan fingerprint density at radius 3 is 2.78 bits per heavy atom. The minimum atomic E-state index is -1.20. The van der Waals surface area contributed by atoms with Crippen LogP contribution in [0.1, 0.15) is 0 Å². The summed E-state index contributed by atoms with van der Waals surface area (Å²) in [7, 11) is -1.20. The van der Waals surface area contributed by atoms with Crippen LogP contribution >= 0.6 is 0 Å². The minimum absolute atomic E-state index is 0.249. The Balaban J connectivity index is 2.12. The molecule has 1 atom stereocenters. The fraction of sp³-hybridized carbons (Fsp3) is 0.0833. The summed E-state index contributed by atoms with van der Waals surface area (Å²) in [6, 6.07) is 7.94. The summed E-state index contributed by atoms with van der Waals surface area (Å²) in [5, 5.41) is 9.25. The number of nitrogens with zero attached hydrogens (tertiary/aromatic N) is 3. The number of rotatable bonds is 2. The first kappa shape index (κ1) is 11.0. The maximum Gasteiger partial charge on any atom is 0.239 e. The molecule has 0 aliphatic heterocycles. The monoisotopic (exact) mass is 258 g/mol. The topological polar surface area (TPSA) is 71.5 Å². The van der Waals surface area contributed by atoms with Crippen LogP contribution in [0.5, 0.6) is 0 Å². The number of hydrogen-bond donors (Lipinski definition) is 1. The molecule has 18 heavy (non-hydrogen) atoms. The molecule has 0 fully saturated rings. The van der Waals surface area contributed by atoms with Gasteiger partial charge in [-0.3, -0.25) is 4.21 Å². The van der Waals surface area contributed by atoms with Gasteiger partial charge in [0.15, 0.2) is 0 Å². The van der Waals surface area contributed by atoms with Gasteiger partial charge in [-0.05, 0) is 6.07 Å². The maximum atomic E-state index is 11.2. The van der Waals surface area contributed by atoms with Gasteiger partial charge in [0.25, 0.3) is 0 Å². The van der Waals surface area contributed by atoms with Crippen LogP contribution in [0.3, 0.4) is 0 Å². The number of fused-ring (bicyclic) bond motifs is 1. The van der Waals surface area contributed by atoms with Crippen LogP contribution in [0.2, 0.25) is 0 Å². The van der Waals surface area contributed by atoms with Gasteiger partial charge >= 0.3 is 0 Å². The number of nitrogens with one attached hydrogen (secondary N) is 1. The van der Waals surface area contributed by atoms with Crippen molar-refractivity contribution in [3.8, 4) is 11.3 Å². The van der Waals surface area contributed by atoms with E-state index in [0.717, 1.165) is 16.5 Å². The Kier molecular flexibility index (Phi) is 2.64. The molecule has 0 aliphatic rings. The highest BCUT2D eigenvalue weighted by Crippen LogP contribution is 2.25. The second-order valence-electron chi connectivity index (χ2n) is 3.83. The van der Waals surface area contributed by atoms with Crippen LogP contribution in [0.4, 0.5) is 0 Å². The van der Waals surface area contributed by atoms with E-state index in [-0.39, 0.29) is 5.16 Å². The van der Waals surface area contributed by atoms with Crippen molar-refractivity contribution in [2.24, 2.45) is 0 Å². The summed E-state index contributed by atoms with van der Waals surface area (Å²) < 4.78 is 11.2. The van der Waals surface area contributed by atoms with Crippen molar-refractivity contribution in [2.75, 3.05) is 6.26 Å². The molecule has 0 saturated carbocycles. The van der Waals surface area contributed by atoms with Gasteiger partial charge in [-0.15, -0.1) is 10.2 Å². The van der Waals surface area contributed by atoms with E-state index >= 15 is 0 Å². The van der Waals surface area contributed by atoms with E-state index in [1.165, 1.54) is 6.26 Å². The SMILES string of the molecule is CS(=O)c1ncc(-c2c[nH]c3ccccc23)nn1. The molecule has 0 radical (unpaired) electrons. The molecule has 1 aromatic carbocycles. The zero-order chi connectivity index (χ0) is 12.5. The number of aromatic amines is 1. The molecule has 3 rings (SSSR count). The smallest absolute Gasteiger partial charge is 0.239 e. The van der Waals surface area contributed by atoms with Crippen LogP contribution in [0.25, 0.3) is 22.2 Å². The van der Waals surface area contributed by atoms with Gasteiger partial charge in [-0.1, -0.05) is 18.2 Å². The summed E-state index contributed by atoms with van der Waals surface area (Å²) in [4.78, 5) is 7.22. The third-order valence-corrected chi connectivity index (χ3v) is 3.36. The van der Waals surface area contributed by atoms with Crippen molar-refractivity contribution < 1.29 is 4.21 Å². The number of H-pyrrole nitrogens is 1. The molecule has 0 spiro atoms. The van der Waals surface area contributed by atoms with Crippen molar-refractivity contribution in [3.63, 3.8) is 0 Å². The first-order chi connectivity index (χ1) is 8.75. The van der Waals surface area contributed by atoms with Crippen molar-refractivity contribution in [2.45, 2.75) is 5.16 Å². The Bertz CT molecular complexity index is 720. The summed E-state index contributed by atoms with van der Waals surface area (Å²) in [6.45, 7) is 0. The molecule has 5 nitrogen and oxygen atoms in total. The highest BCUT2D eigenvalue weighted by Gasteiger charge is 2.09. The van der Waals surface area contributed by atoms with Crippen molar-refractivity contribution >= 4 is 21.7 Å². The lowest BCUT2D eigenvalue weighted by Crippen LogP contribution is -1.99. The predicted octanol–water partition coefficient (Wildman–Crippen LogP) is 1.76. The van der Waals surface area contributed by atoms with Gasteiger partial charge in [0, 0.05) is 28.9 Å². The molecule has 0 amide bonds.